The average Bonchev–Trinajstić information content (AvgIpc) is 3.20. The maximum atomic E-state index is 14.1. The first-order valence-corrected chi connectivity index (χ1v) is 11.1. The van der Waals surface area contributed by atoms with Crippen LogP contribution in [0, 0.1) is 0 Å². The lowest BCUT2D eigenvalue weighted by molar-refractivity contribution is -0.138. The van der Waals surface area contributed by atoms with Crippen LogP contribution < -0.4 is 4.90 Å². The van der Waals surface area contributed by atoms with Crippen LogP contribution in [0.2, 0.25) is 0 Å². The van der Waals surface area contributed by atoms with Gasteiger partial charge in [0.25, 0.3) is 5.91 Å². The van der Waals surface area contributed by atoms with Crippen LogP contribution >= 0.6 is 0 Å². The maximum Gasteiger partial charge on any atom is 0.418 e. The molecule has 0 radical (unpaired) electrons. The van der Waals surface area contributed by atoms with Crippen LogP contribution in [-0.4, -0.2) is 35.5 Å². The smallest absolute Gasteiger partial charge is 0.418 e. The highest BCUT2D eigenvalue weighted by atomic mass is 16.6. The number of amides is 3. The number of carbonyl (C=O) groups is 3. The summed E-state index contributed by atoms with van der Waals surface area (Å²) in [4.78, 5) is 43.6. The number of likely N-dealkylation sites (N-methyl/N-ethyl adjacent to an activating group) is 1. The molecule has 3 aromatic carbocycles. The van der Waals surface area contributed by atoms with Gasteiger partial charge >= 0.3 is 6.09 Å². The minimum absolute atomic E-state index is 0.0289. The third-order valence-electron chi connectivity index (χ3n) is 6.57. The van der Waals surface area contributed by atoms with Crippen LogP contribution in [0.15, 0.2) is 66.7 Å². The Morgan fingerprint density at radius 2 is 1.64 bits per heavy atom. The van der Waals surface area contributed by atoms with E-state index in [-0.39, 0.29) is 12.3 Å². The number of likely N-dealkylation sites (tertiary alicyclic amines) is 1. The molecule has 2 aliphatic heterocycles. The Labute approximate surface area is 192 Å². The summed E-state index contributed by atoms with van der Waals surface area (Å²) in [5.41, 5.74) is -0.119. The van der Waals surface area contributed by atoms with Crippen molar-refractivity contribution in [3.8, 4) is 0 Å². The summed E-state index contributed by atoms with van der Waals surface area (Å²) >= 11 is 0. The summed E-state index contributed by atoms with van der Waals surface area (Å²) in [7, 11) is 1.69. The molecule has 3 aromatic rings. The molecule has 3 amide bonds. The number of carbonyl (C=O) groups excluding carboxylic acids is 3. The molecule has 168 valence electrons. The van der Waals surface area contributed by atoms with E-state index in [1.165, 1.54) is 0 Å². The van der Waals surface area contributed by atoms with Crippen molar-refractivity contribution >= 4 is 34.4 Å². The van der Waals surface area contributed by atoms with Gasteiger partial charge in [-0.3, -0.25) is 9.59 Å². The summed E-state index contributed by atoms with van der Waals surface area (Å²) in [6, 6.07) is 21.2. The number of fused-ring (bicyclic) bond motifs is 3. The number of imide groups is 1. The summed E-state index contributed by atoms with van der Waals surface area (Å²) in [5.74, 6) is -1.28. The molecule has 2 heterocycles. The van der Waals surface area contributed by atoms with Gasteiger partial charge < -0.3 is 9.64 Å². The van der Waals surface area contributed by atoms with Crippen LogP contribution in [0.3, 0.4) is 0 Å². The third kappa shape index (κ3) is 2.97. The summed E-state index contributed by atoms with van der Waals surface area (Å²) in [6.07, 6.45) is -0.769. The van der Waals surface area contributed by atoms with Crippen molar-refractivity contribution in [3.63, 3.8) is 0 Å². The lowest BCUT2D eigenvalue weighted by Crippen LogP contribution is -2.55. The first-order chi connectivity index (χ1) is 15.7. The van der Waals surface area contributed by atoms with E-state index in [0.717, 1.165) is 21.2 Å². The number of nitrogens with zero attached hydrogens (tertiary/aromatic N) is 2. The Morgan fingerprint density at radius 1 is 0.970 bits per heavy atom. The third-order valence-corrected chi connectivity index (χ3v) is 6.57. The van der Waals surface area contributed by atoms with Gasteiger partial charge in [0.15, 0.2) is 5.54 Å². The molecule has 5 rings (SSSR count). The molecule has 0 saturated carbocycles. The number of para-hydroxylation sites is 1. The monoisotopic (exact) mass is 442 g/mol. The Morgan fingerprint density at radius 3 is 2.39 bits per heavy atom. The van der Waals surface area contributed by atoms with E-state index in [1.54, 1.807) is 32.7 Å². The van der Waals surface area contributed by atoms with Crippen LogP contribution in [0.4, 0.5) is 10.5 Å². The molecule has 6 nitrogen and oxygen atoms in total. The first-order valence-electron chi connectivity index (χ1n) is 11.1. The van der Waals surface area contributed by atoms with Crippen molar-refractivity contribution in [3.05, 3.63) is 77.9 Å². The van der Waals surface area contributed by atoms with Gasteiger partial charge in [0.1, 0.15) is 5.60 Å². The lowest BCUT2D eigenvalue weighted by Gasteiger charge is -2.37. The lowest BCUT2D eigenvalue weighted by atomic mass is 9.74. The van der Waals surface area contributed by atoms with Gasteiger partial charge in [-0.15, -0.1) is 0 Å². The second-order valence-electron chi connectivity index (χ2n) is 9.68. The number of hydrogen-bond acceptors (Lipinski definition) is 4. The van der Waals surface area contributed by atoms with Crippen LogP contribution in [-0.2, 0) is 19.9 Å². The van der Waals surface area contributed by atoms with E-state index in [9.17, 15) is 14.4 Å². The second-order valence-corrected chi connectivity index (χ2v) is 9.68. The molecule has 33 heavy (non-hydrogen) atoms. The molecular formula is C27H26N2O4. The second kappa shape index (κ2) is 7.17. The van der Waals surface area contributed by atoms with E-state index in [0.29, 0.717) is 11.3 Å². The van der Waals surface area contributed by atoms with E-state index in [4.69, 9.17) is 4.74 Å². The van der Waals surface area contributed by atoms with Crippen molar-refractivity contribution in [2.45, 2.75) is 44.2 Å². The highest BCUT2D eigenvalue weighted by Crippen LogP contribution is 2.57. The average molecular weight is 443 g/mol. The summed E-state index contributed by atoms with van der Waals surface area (Å²) < 4.78 is 5.64. The van der Waals surface area contributed by atoms with Crippen molar-refractivity contribution in [2.24, 2.45) is 0 Å². The number of anilines is 1. The zero-order valence-corrected chi connectivity index (χ0v) is 19.2. The molecule has 6 heteroatoms. The molecule has 1 fully saturated rings. The Bertz CT molecular complexity index is 1300. The van der Waals surface area contributed by atoms with Crippen molar-refractivity contribution in [1.82, 2.24) is 4.90 Å². The Kier molecular flexibility index (Phi) is 4.60. The summed E-state index contributed by atoms with van der Waals surface area (Å²) in [6.45, 7) is 5.24. The van der Waals surface area contributed by atoms with Gasteiger partial charge in [0, 0.05) is 30.6 Å². The highest BCUT2D eigenvalue weighted by Gasteiger charge is 2.67. The Balaban J connectivity index is 1.80. The molecule has 0 aromatic heterocycles. The highest BCUT2D eigenvalue weighted by molar-refractivity contribution is 6.15. The SMILES string of the molecule is CN1C(=O)[C@@]2(c3ccccc31)[C@@H](c1cccc3ccccc13)CC(=O)N2C(=O)OC(C)(C)C. The molecule has 2 atom stereocenters. The first kappa shape index (κ1) is 21.2. The van der Waals surface area contributed by atoms with Crippen molar-refractivity contribution < 1.29 is 19.1 Å². The van der Waals surface area contributed by atoms with Gasteiger partial charge in [0.05, 0.1) is 0 Å². The molecule has 0 unspecified atom stereocenters. The van der Waals surface area contributed by atoms with E-state index in [1.807, 2.05) is 66.7 Å². The number of hydrogen-bond donors (Lipinski definition) is 0. The van der Waals surface area contributed by atoms with Gasteiger partial charge in [-0.1, -0.05) is 60.7 Å². The van der Waals surface area contributed by atoms with E-state index < -0.39 is 29.1 Å². The van der Waals surface area contributed by atoms with Gasteiger partial charge in [-0.25, -0.2) is 9.69 Å². The largest absolute Gasteiger partial charge is 0.443 e. The van der Waals surface area contributed by atoms with Crippen molar-refractivity contribution in [1.29, 1.82) is 0 Å². The standard InChI is InChI=1S/C27H26N2O4/c1-26(2,3)33-25(32)29-23(30)16-21(19-13-9-11-17-10-5-6-12-18(17)19)27(29)20-14-7-8-15-22(20)28(4)24(27)31/h5-15,21H,16H2,1-4H3/t21-,27-/m1/s1. The Hall–Kier alpha value is -3.67. The fraction of sp³-hybridized carbons (Fsp3) is 0.296. The molecule has 1 saturated heterocycles. The van der Waals surface area contributed by atoms with Crippen LogP contribution in [0.25, 0.3) is 10.8 Å². The number of ether oxygens (including phenoxy) is 1. The van der Waals surface area contributed by atoms with Gasteiger partial charge in [-0.2, -0.15) is 0 Å². The molecule has 1 spiro atoms. The number of rotatable bonds is 1. The summed E-state index contributed by atoms with van der Waals surface area (Å²) in [5, 5.41) is 1.98. The normalized spacial score (nSPS) is 22.4. The molecule has 2 aliphatic rings. The van der Waals surface area contributed by atoms with Gasteiger partial charge in [-0.05, 0) is 43.2 Å². The fourth-order valence-corrected chi connectivity index (χ4v) is 5.33. The minimum atomic E-state index is -1.51. The molecule has 0 aliphatic carbocycles. The molecule has 0 N–H and O–H groups in total. The van der Waals surface area contributed by atoms with E-state index in [2.05, 4.69) is 0 Å². The molecule has 0 bridgehead atoms. The minimum Gasteiger partial charge on any atom is -0.443 e. The zero-order valence-electron chi connectivity index (χ0n) is 19.2. The van der Waals surface area contributed by atoms with Gasteiger partial charge in [0.2, 0.25) is 5.91 Å². The quantitative estimate of drug-likeness (QED) is 0.534. The predicted octanol–water partition coefficient (Wildman–Crippen LogP) is 4.96. The topological polar surface area (TPSA) is 66.9 Å². The maximum absolute atomic E-state index is 14.1. The van der Waals surface area contributed by atoms with Crippen molar-refractivity contribution in [2.75, 3.05) is 11.9 Å². The zero-order chi connectivity index (χ0) is 23.5. The fourth-order valence-electron chi connectivity index (χ4n) is 5.33. The van der Waals surface area contributed by atoms with E-state index >= 15 is 0 Å². The molecular weight excluding hydrogens is 416 g/mol. The van der Waals surface area contributed by atoms with Crippen LogP contribution in [0.1, 0.15) is 44.2 Å². The predicted molar refractivity (Wildman–Crippen MR) is 126 cm³/mol. The van der Waals surface area contributed by atoms with Crippen LogP contribution in [0.5, 0.6) is 0 Å². The number of benzene rings is 3.